The molecule has 2 aromatic carbocycles. The third kappa shape index (κ3) is 6.42. The Labute approximate surface area is 191 Å². The van der Waals surface area contributed by atoms with E-state index in [1.54, 1.807) is 31.4 Å². The Morgan fingerprint density at radius 2 is 1.82 bits per heavy atom. The number of benzene rings is 2. The number of amides is 2. The number of aromatic nitrogens is 2. The van der Waals surface area contributed by atoms with Crippen LogP contribution in [0.2, 0.25) is 0 Å². The predicted molar refractivity (Wildman–Crippen MR) is 126 cm³/mol. The van der Waals surface area contributed by atoms with E-state index in [2.05, 4.69) is 15.7 Å². The second-order valence-electron chi connectivity index (χ2n) is 7.26. The van der Waals surface area contributed by atoms with Gasteiger partial charge in [-0.2, -0.15) is 5.10 Å². The molecule has 0 saturated carbocycles. The third-order valence-corrected chi connectivity index (χ3v) is 4.80. The number of hydrogen-bond acceptors (Lipinski definition) is 6. The second-order valence-corrected chi connectivity index (χ2v) is 7.26. The lowest BCUT2D eigenvalue weighted by Gasteiger charge is -2.12. The summed E-state index contributed by atoms with van der Waals surface area (Å²) in [6, 6.07) is 15.5. The molecule has 1 aromatic heterocycles. The molecule has 2 amide bonds. The van der Waals surface area contributed by atoms with Crippen LogP contribution in [0.4, 0.5) is 11.4 Å². The fraction of sp³-hybridized carbons (Fsp3) is 0.250. The van der Waals surface area contributed by atoms with E-state index in [4.69, 9.17) is 9.47 Å². The van der Waals surface area contributed by atoms with Gasteiger partial charge in [0.05, 0.1) is 25.6 Å². The fourth-order valence-corrected chi connectivity index (χ4v) is 3.23. The van der Waals surface area contributed by atoms with E-state index in [1.165, 1.54) is 24.8 Å². The zero-order chi connectivity index (χ0) is 23.8. The van der Waals surface area contributed by atoms with Crippen LogP contribution in [0.25, 0.3) is 11.3 Å². The first kappa shape index (κ1) is 23.5. The fourth-order valence-electron chi connectivity index (χ4n) is 3.23. The van der Waals surface area contributed by atoms with Crippen molar-refractivity contribution in [3.05, 3.63) is 65.0 Å². The van der Waals surface area contributed by atoms with Gasteiger partial charge in [-0.05, 0) is 42.8 Å². The molecule has 172 valence electrons. The normalized spacial score (nSPS) is 10.4. The van der Waals surface area contributed by atoms with Crippen molar-refractivity contribution < 1.29 is 19.1 Å². The van der Waals surface area contributed by atoms with Crippen LogP contribution in [0.5, 0.6) is 11.5 Å². The highest BCUT2D eigenvalue weighted by Crippen LogP contribution is 2.28. The van der Waals surface area contributed by atoms with Crippen molar-refractivity contribution in [2.75, 3.05) is 24.9 Å². The van der Waals surface area contributed by atoms with E-state index in [1.807, 2.05) is 24.3 Å². The Hall–Kier alpha value is -4.14. The summed E-state index contributed by atoms with van der Waals surface area (Å²) in [5.74, 6) is 0.708. The molecule has 0 aliphatic rings. The highest BCUT2D eigenvalue weighted by atomic mass is 16.5. The van der Waals surface area contributed by atoms with E-state index in [0.717, 1.165) is 5.56 Å². The summed E-state index contributed by atoms with van der Waals surface area (Å²) in [5.41, 5.74) is 2.21. The van der Waals surface area contributed by atoms with Crippen LogP contribution in [-0.4, -0.2) is 35.8 Å². The summed E-state index contributed by atoms with van der Waals surface area (Å²) in [4.78, 5) is 36.0. The monoisotopic (exact) mass is 450 g/mol. The van der Waals surface area contributed by atoms with Gasteiger partial charge in [0, 0.05) is 37.2 Å². The van der Waals surface area contributed by atoms with Crippen LogP contribution in [0.15, 0.2) is 59.4 Å². The molecule has 0 unspecified atom stereocenters. The van der Waals surface area contributed by atoms with E-state index < -0.39 is 0 Å². The van der Waals surface area contributed by atoms with Crippen molar-refractivity contribution in [1.82, 2.24) is 9.78 Å². The number of carbonyl (C=O) groups excluding carboxylic acids is 2. The lowest BCUT2D eigenvalue weighted by molar-refractivity contribution is -0.116. The number of hydrogen-bond donors (Lipinski definition) is 2. The van der Waals surface area contributed by atoms with Crippen LogP contribution >= 0.6 is 0 Å². The van der Waals surface area contributed by atoms with Gasteiger partial charge in [0.2, 0.25) is 11.8 Å². The lowest BCUT2D eigenvalue weighted by Crippen LogP contribution is -2.23. The van der Waals surface area contributed by atoms with Gasteiger partial charge >= 0.3 is 0 Å². The number of nitrogens with one attached hydrogen (secondary N) is 2. The van der Waals surface area contributed by atoms with E-state index in [-0.39, 0.29) is 30.3 Å². The molecule has 0 fully saturated rings. The topological polar surface area (TPSA) is 112 Å². The maximum atomic E-state index is 12.5. The largest absolute Gasteiger partial charge is 0.497 e. The van der Waals surface area contributed by atoms with Gasteiger partial charge in [-0.15, -0.1) is 0 Å². The Kier molecular flexibility index (Phi) is 7.80. The quantitative estimate of drug-likeness (QED) is 0.517. The maximum absolute atomic E-state index is 12.5. The molecule has 9 heteroatoms. The van der Waals surface area contributed by atoms with Gasteiger partial charge in [0.25, 0.3) is 5.56 Å². The van der Waals surface area contributed by atoms with Crippen LogP contribution in [0.3, 0.4) is 0 Å². The van der Waals surface area contributed by atoms with Gasteiger partial charge < -0.3 is 20.1 Å². The summed E-state index contributed by atoms with van der Waals surface area (Å²) in [6.45, 7) is 1.69. The SMILES string of the molecule is COc1cccc(-c2ccc(=O)n(CCCC(=O)Nc3cc(NC(C)=O)ccc3OC)n2)c1. The summed E-state index contributed by atoms with van der Waals surface area (Å²) >= 11 is 0. The summed E-state index contributed by atoms with van der Waals surface area (Å²) < 4.78 is 11.9. The number of rotatable bonds is 9. The lowest BCUT2D eigenvalue weighted by atomic mass is 10.1. The molecule has 0 aliphatic carbocycles. The zero-order valence-electron chi connectivity index (χ0n) is 18.8. The molecule has 0 aliphatic heterocycles. The van der Waals surface area contributed by atoms with Crippen molar-refractivity contribution in [2.45, 2.75) is 26.3 Å². The van der Waals surface area contributed by atoms with Crippen LogP contribution in [-0.2, 0) is 16.1 Å². The van der Waals surface area contributed by atoms with Crippen LogP contribution < -0.4 is 25.7 Å². The Balaban J connectivity index is 1.64. The summed E-state index contributed by atoms with van der Waals surface area (Å²) in [7, 11) is 3.08. The van der Waals surface area contributed by atoms with Crippen molar-refractivity contribution in [1.29, 1.82) is 0 Å². The average Bonchev–Trinajstić information content (AvgIpc) is 2.80. The van der Waals surface area contributed by atoms with Crippen molar-refractivity contribution in [2.24, 2.45) is 0 Å². The molecule has 9 nitrogen and oxygen atoms in total. The molecule has 2 N–H and O–H groups in total. The number of aryl methyl sites for hydroxylation is 1. The van der Waals surface area contributed by atoms with Gasteiger partial charge in [0.15, 0.2) is 0 Å². The van der Waals surface area contributed by atoms with Crippen LogP contribution in [0, 0.1) is 0 Å². The van der Waals surface area contributed by atoms with E-state index in [0.29, 0.717) is 35.0 Å². The molecule has 0 spiro atoms. The number of ether oxygens (including phenoxy) is 2. The third-order valence-electron chi connectivity index (χ3n) is 4.80. The molecule has 3 rings (SSSR count). The van der Waals surface area contributed by atoms with Gasteiger partial charge in [0.1, 0.15) is 11.5 Å². The zero-order valence-corrected chi connectivity index (χ0v) is 18.8. The minimum atomic E-state index is -0.245. The van der Waals surface area contributed by atoms with E-state index >= 15 is 0 Å². The molecule has 0 radical (unpaired) electrons. The molecule has 1 heterocycles. The standard InChI is InChI=1S/C24H26N4O5/c1-16(29)25-18-9-11-22(33-3)21(15-18)26-23(30)8-5-13-28-24(31)12-10-20(27-28)17-6-4-7-19(14-17)32-2/h4,6-7,9-12,14-15H,5,8,13H2,1-3H3,(H,25,29)(H,26,30). The first-order chi connectivity index (χ1) is 15.9. The van der Waals surface area contributed by atoms with Crippen molar-refractivity contribution in [3.63, 3.8) is 0 Å². The molecule has 33 heavy (non-hydrogen) atoms. The molecule has 3 aromatic rings. The maximum Gasteiger partial charge on any atom is 0.266 e. The second kappa shape index (κ2) is 10.9. The smallest absolute Gasteiger partial charge is 0.266 e. The summed E-state index contributed by atoms with van der Waals surface area (Å²) in [5, 5.41) is 9.88. The van der Waals surface area contributed by atoms with E-state index in [9.17, 15) is 14.4 Å². The Bertz CT molecular complexity index is 1210. The Morgan fingerprint density at radius 3 is 2.55 bits per heavy atom. The minimum Gasteiger partial charge on any atom is -0.497 e. The molecule has 0 saturated heterocycles. The first-order valence-electron chi connectivity index (χ1n) is 10.4. The predicted octanol–water partition coefficient (Wildman–Crippen LogP) is 3.30. The molecule has 0 bridgehead atoms. The van der Waals surface area contributed by atoms with Gasteiger partial charge in [-0.1, -0.05) is 12.1 Å². The molecular formula is C24H26N4O5. The molecular weight excluding hydrogens is 424 g/mol. The number of nitrogens with zero attached hydrogens (tertiary/aromatic N) is 2. The minimum absolute atomic E-state index is 0.172. The van der Waals surface area contributed by atoms with Gasteiger partial charge in [-0.3, -0.25) is 14.4 Å². The molecule has 0 atom stereocenters. The van der Waals surface area contributed by atoms with Gasteiger partial charge in [-0.25, -0.2) is 4.68 Å². The number of carbonyl (C=O) groups is 2. The number of methoxy groups -OCH3 is 2. The average molecular weight is 450 g/mol. The van der Waals surface area contributed by atoms with Crippen LogP contribution in [0.1, 0.15) is 19.8 Å². The highest BCUT2D eigenvalue weighted by Gasteiger charge is 2.11. The Morgan fingerprint density at radius 1 is 1.00 bits per heavy atom. The summed E-state index contributed by atoms with van der Waals surface area (Å²) in [6.07, 6.45) is 0.582. The number of anilines is 2. The van der Waals surface area contributed by atoms with Crippen molar-refractivity contribution in [3.8, 4) is 22.8 Å². The highest BCUT2D eigenvalue weighted by molar-refractivity contribution is 5.94. The first-order valence-corrected chi connectivity index (χ1v) is 10.4. The van der Waals surface area contributed by atoms with Crippen molar-refractivity contribution >= 4 is 23.2 Å².